The highest BCUT2D eigenvalue weighted by Gasteiger charge is 2.13. The quantitative estimate of drug-likeness (QED) is 0.661. The maximum absolute atomic E-state index is 12.4. The van der Waals surface area contributed by atoms with Crippen LogP contribution >= 0.6 is 0 Å². The third-order valence-corrected chi connectivity index (χ3v) is 5.49. The first kappa shape index (κ1) is 18.3. The van der Waals surface area contributed by atoms with Gasteiger partial charge in [0.15, 0.2) is 0 Å². The van der Waals surface area contributed by atoms with Crippen LogP contribution in [0.1, 0.15) is 30.0 Å². The van der Waals surface area contributed by atoms with Crippen molar-refractivity contribution in [1.82, 2.24) is 19.5 Å². The van der Waals surface area contributed by atoms with Gasteiger partial charge in [0, 0.05) is 6.54 Å². The number of hydrogen-bond donors (Lipinski definition) is 1. The smallest absolute Gasteiger partial charge is 0.240 e. The van der Waals surface area contributed by atoms with Gasteiger partial charge >= 0.3 is 0 Å². The van der Waals surface area contributed by atoms with Gasteiger partial charge in [-0.3, -0.25) is 0 Å². The molecule has 0 radical (unpaired) electrons. The highest BCUT2D eigenvalue weighted by molar-refractivity contribution is 7.89. The van der Waals surface area contributed by atoms with Gasteiger partial charge in [0.1, 0.15) is 12.7 Å². The number of rotatable bonds is 8. The Morgan fingerprint density at radius 2 is 1.62 bits per heavy atom. The number of sulfonamides is 1. The zero-order valence-corrected chi connectivity index (χ0v) is 15.5. The lowest BCUT2D eigenvalue weighted by Crippen LogP contribution is -2.23. The van der Waals surface area contributed by atoms with Crippen molar-refractivity contribution in [3.63, 3.8) is 0 Å². The minimum Gasteiger partial charge on any atom is -0.249 e. The average molecular weight is 370 g/mol. The predicted octanol–water partition coefficient (Wildman–Crippen LogP) is 2.76. The average Bonchev–Trinajstić information content (AvgIpc) is 3.15. The summed E-state index contributed by atoms with van der Waals surface area (Å²) in [5.41, 5.74) is 3.13. The van der Waals surface area contributed by atoms with Crippen molar-refractivity contribution in [2.75, 3.05) is 0 Å². The summed E-state index contributed by atoms with van der Waals surface area (Å²) < 4.78 is 29.2. The molecule has 136 valence electrons. The van der Waals surface area contributed by atoms with Crippen LogP contribution in [0, 0.1) is 0 Å². The Morgan fingerprint density at radius 1 is 0.962 bits per heavy atom. The first-order valence-electron chi connectivity index (χ1n) is 8.55. The number of benzene rings is 2. The van der Waals surface area contributed by atoms with E-state index in [1.165, 1.54) is 6.33 Å². The van der Waals surface area contributed by atoms with Crippen LogP contribution in [0.25, 0.3) is 0 Å². The molecule has 26 heavy (non-hydrogen) atoms. The molecule has 3 rings (SSSR count). The second kappa shape index (κ2) is 8.25. The van der Waals surface area contributed by atoms with Crippen molar-refractivity contribution >= 4 is 10.0 Å². The highest BCUT2D eigenvalue weighted by atomic mass is 32.2. The molecule has 3 aromatic rings. The summed E-state index contributed by atoms with van der Waals surface area (Å²) in [5, 5.41) is 4.07. The summed E-state index contributed by atoms with van der Waals surface area (Å²) in [4.78, 5) is 4.20. The Morgan fingerprint density at radius 3 is 2.23 bits per heavy atom. The lowest BCUT2D eigenvalue weighted by atomic mass is 10.1. The van der Waals surface area contributed by atoms with Gasteiger partial charge < -0.3 is 0 Å². The molecule has 0 atom stereocenters. The lowest BCUT2D eigenvalue weighted by molar-refractivity contribution is 0.581. The summed E-state index contributed by atoms with van der Waals surface area (Å²) in [6.45, 7) is 2.99. The fourth-order valence-electron chi connectivity index (χ4n) is 2.65. The second-order valence-electron chi connectivity index (χ2n) is 6.13. The fourth-order valence-corrected chi connectivity index (χ4v) is 3.67. The van der Waals surface area contributed by atoms with Gasteiger partial charge in [0.2, 0.25) is 10.0 Å². The molecule has 0 aliphatic heterocycles. The normalized spacial score (nSPS) is 11.6. The number of aryl methyl sites for hydroxylation is 1. The van der Waals surface area contributed by atoms with Crippen molar-refractivity contribution in [2.24, 2.45) is 0 Å². The van der Waals surface area contributed by atoms with E-state index in [0.717, 1.165) is 29.5 Å². The van der Waals surface area contributed by atoms with Crippen molar-refractivity contribution < 1.29 is 8.42 Å². The van der Waals surface area contributed by atoms with E-state index in [1.54, 1.807) is 23.1 Å². The molecular formula is C19H22N4O2S. The molecule has 1 N–H and O–H groups in total. The topological polar surface area (TPSA) is 76.9 Å². The molecule has 0 saturated heterocycles. The van der Waals surface area contributed by atoms with Crippen LogP contribution in [-0.4, -0.2) is 23.2 Å². The van der Waals surface area contributed by atoms with Crippen molar-refractivity contribution in [3.05, 3.63) is 77.9 Å². The third kappa shape index (κ3) is 4.77. The minimum atomic E-state index is -3.51. The largest absolute Gasteiger partial charge is 0.249 e. The summed E-state index contributed by atoms with van der Waals surface area (Å²) in [5.74, 6) is 0. The van der Waals surface area contributed by atoms with E-state index in [4.69, 9.17) is 0 Å². The van der Waals surface area contributed by atoms with E-state index >= 15 is 0 Å². The van der Waals surface area contributed by atoms with Crippen LogP contribution in [0.2, 0.25) is 0 Å². The first-order valence-corrected chi connectivity index (χ1v) is 10.0. The second-order valence-corrected chi connectivity index (χ2v) is 7.90. The molecule has 0 bridgehead atoms. The maximum Gasteiger partial charge on any atom is 0.240 e. The van der Waals surface area contributed by atoms with E-state index in [0.29, 0.717) is 11.4 Å². The molecule has 0 aliphatic carbocycles. The third-order valence-electron chi connectivity index (χ3n) is 4.07. The van der Waals surface area contributed by atoms with Crippen LogP contribution in [0.5, 0.6) is 0 Å². The zero-order valence-electron chi connectivity index (χ0n) is 14.7. The van der Waals surface area contributed by atoms with Crippen molar-refractivity contribution in [2.45, 2.75) is 37.8 Å². The molecule has 1 aromatic heterocycles. The van der Waals surface area contributed by atoms with Gasteiger partial charge in [0.25, 0.3) is 0 Å². The molecule has 0 spiro atoms. The zero-order chi connectivity index (χ0) is 18.4. The molecule has 0 aliphatic rings. The predicted molar refractivity (Wildman–Crippen MR) is 100 cm³/mol. The molecular weight excluding hydrogens is 348 g/mol. The van der Waals surface area contributed by atoms with Crippen LogP contribution in [-0.2, 0) is 29.5 Å². The molecule has 2 aromatic carbocycles. The Kier molecular flexibility index (Phi) is 5.80. The standard InChI is InChI=1S/C19H22N4O2S/c1-2-3-16-8-10-19(11-9-16)26(24,25)22-12-17-4-6-18(7-5-17)13-23-15-20-14-21-23/h4-11,14-15,22H,2-3,12-13H2,1H3. The van der Waals surface area contributed by atoms with Crippen LogP contribution < -0.4 is 4.72 Å². The Balaban J connectivity index is 1.60. The number of hydrogen-bond acceptors (Lipinski definition) is 4. The van der Waals surface area contributed by atoms with Crippen molar-refractivity contribution in [1.29, 1.82) is 0 Å². The Bertz CT molecular complexity index is 919. The Labute approximate surface area is 154 Å². The molecule has 1 heterocycles. The van der Waals surface area contributed by atoms with Gasteiger partial charge in [-0.25, -0.2) is 22.8 Å². The van der Waals surface area contributed by atoms with Gasteiger partial charge in [-0.1, -0.05) is 49.7 Å². The fraction of sp³-hybridized carbons (Fsp3) is 0.263. The van der Waals surface area contributed by atoms with E-state index in [-0.39, 0.29) is 6.54 Å². The molecule has 7 heteroatoms. The molecule has 0 fully saturated rings. The number of aromatic nitrogens is 3. The SMILES string of the molecule is CCCc1ccc(S(=O)(=O)NCc2ccc(Cn3cncn3)cc2)cc1. The van der Waals surface area contributed by atoms with E-state index in [9.17, 15) is 8.42 Å². The van der Waals surface area contributed by atoms with E-state index in [1.807, 2.05) is 36.4 Å². The molecule has 6 nitrogen and oxygen atoms in total. The van der Waals surface area contributed by atoms with Gasteiger partial charge in [-0.2, -0.15) is 5.10 Å². The summed E-state index contributed by atoms with van der Waals surface area (Å²) in [6, 6.07) is 14.8. The lowest BCUT2D eigenvalue weighted by Gasteiger charge is -2.08. The summed E-state index contributed by atoms with van der Waals surface area (Å²) in [7, 11) is -3.51. The Hall–Kier alpha value is -2.51. The minimum absolute atomic E-state index is 0.253. The maximum atomic E-state index is 12.4. The molecule has 0 saturated carbocycles. The van der Waals surface area contributed by atoms with Gasteiger partial charge in [0.05, 0.1) is 11.4 Å². The van der Waals surface area contributed by atoms with E-state index < -0.39 is 10.0 Å². The molecule has 0 unspecified atom stereocenters. The number of nitrogens with zero attached hydrogens (tertiary/aromatic N) is 3. The molecule has 0 amide bonds. The van der Waals surface area contributed by atoms with Crippen LogP contribution in [0.4, 0.5) is 0 Å². The first-order chi connectivity index (χ1) is 12.6. The van der Waals surface area contributed by atoms with Crippen LogP contribution in [0.3, 0.4) is 0 Å². The van der Waals surface area contributed by atoms with Gasteiger partial charge in [-0.05, 0) is 35.2 Å². The van der Waals surface area contributed by atoms with E-state index in [2.05, 4.69) is 21.7 Å². The summed E-state index contributed by atoms with van der Waals surface area (Å²) in [6.07, 6.45) is 5.15. The van der Waals surface area contributed by atoms with Crippen molar-refractivity contribution in [3.8, 4) is 0 Å². The number of nitrogens with one attached hydrogen (secondary N) is 1. The van der Waals surface area contributed by atoms with Crippen LogP contribution in [0.15, 0.2) is 66.1 Å². The van der Waals surface area contributed by atoms with Gasteiger partial charge in [-0.15, -0.1) is 0 Å². The summed E-state index contributed by atoms with van der Waals surface area (Å²) >= 11 is 0. The highest BCUT2D eigenvalue weighted by Crippen LogP contribution is 2.13. The monoisotopic (exact) mass is 370 g/mol.